The second-order valence-corrected chi connectivity index (χ2v) is 12.0. The number of hydrogen-bond donors (Lipinski definition) is 1. The number of imidazole rings is 1. The van der Waals surface area contributed by atoms with Crippen LogP contribution in [0.4, 0.5) is 0 Å². The average molecular weight is 475 g/mol. The summed E-state index contributed by atoms with van der Waals surface area (Å²) in [5, 5.41) is 3.26. The molecule has 0 bridgehead atoms. The third-order valence-corrected chi connectivity index (χ3v) is 6.88. The minimum atomic E-state index is -0.245. The smallest absolute Gasteiger partial charge is 0.265 e. The van der Waals surface area contributed by atoms with Crippen LogP contribution in [0.2, 0.25) is 0 Å². The second-order valence-electron chi connectivity index (χ2n) is 12.0. The van der Waals surface area contributed by atoms with Gasteiger partial charge in [0.2, 0.25) is 6.33 Å². The fourth-order valence-electron chi connectivity index (χ4n) is 4.33. The number of nitrogens with one attached hydrogen (secondary N) is 1. The molecule has 0 aliphatic carbocycles. The van der Waals surface area contributed by atoms with Crippen molar-refractivity contribution in [3.8, 4) is 0 Å². The molecule has 0 aliphatic rings. The van der Waals surface area contributed by atoms with Crippen LogP contribution in [-0.4, -0.2) is 10.5 Å². The highest BCUT2D eigenvalue weighted by Gasteiger charge is 2.30. The van der Waals surface area contributed by atoms with E-state index in [2.05, 4.69) is 125 Å². The Morgan fingerprint density at radius 3 is 2.09 bits per heavy atom. The van der Waals surface area contributed by atoms with Gasteiger partial charge in [0.1, 0.15) is 18.9 Å². The summed E-state index contributed by atoms with van der Waals surface area (Å²) in [7, 11) is 0. The monoisotopic (exact) mass is 474 g/mol. The Bertz CT molecular complexity index is 1080. The van der Waals surface area contributed by atoms with E-state index in [1.54, 1.807) is 0 Å². The van der Waals surface area contributed by atoms with Crippen LogP contribution in [0.3, 0.4) is 0 Å². The lowest BCUT2D eigenvalue weighted by Crippen LogP contribution is -2.37. The lowest BCUT2D eigenvalue weighted by molar-refractivity contribution is -0.687. The van der Waals surface area contributed by atoms with Crippen molar-refractivity contribution in [1.82, 2.24) is 9.88 Å². The first kappa shape index (κ1) is 26.7. The first-order valence-electron chi connectivity index (χ1n) is 12.9. The summed E-state index contributed by atoms with van der Waals surface area (Å²) in [4.78, 5) is 13.5. The van der Waals surface area contributed by atoms with E-state index in [4.69, 9.17) is 0 Å². The number of nitrogens with zero attached hydrogens (tertiary/aromatic N) is 2. The molecule has 4 heteroatoms. The molecule has 0 fully saturated rings. The number of benzene rings is 2. The van der Waals surface area contributed by atoms with Gasteiger partial charge in [0.25, 0.3) is 5.91 Å². The van der Waals surface area contributed by atoms with Gasteiger partial charge in [-0.05, 0) is 39.5 Å². The Kier molecular flexibility index (Phi) is 8.25. The van der Waals surface area contributed by atoms with Crippen LogP contribution >= 0.6 is 0 Å². The highest BCUT2D eigenvalue weighted by Crippen LogP contribution is 2.30. The van der Waals surface area contributed by atoms with Crippen molar-refractivity contribution in [3.05, 3.63) is 89.5 Å². The topological polar surface area (TPSA) is 37.9 Å². The first-order valence-corrected chi connectivity index (χ1v) is 12.9. The summed E-state index contributed by atoms with van der Waals surface area (Å²) in [6.07, 6.45) is 7.07. The highest BCUT2D eigenvalue weighted by molar-refractivity contribution is 5.80. The molecule has 0 spiro atoms. The van der Waals surface area contributed by atoms with Crippen LogP contribution in [0.1, 0.15) is 90.1 Å². The lowest BCUT2D eigenvalue weighted by Gasteiger charge is -2.26. The third-order valence-electron chi connectivity index (χ3n) is 6.88. The van der Waals surface area contributed by atoms with E-state index in [0.29, 0.717) is 6.54 Å². The molecule has 4 nitrogen and oxygen atoms in total. The number of amides is 1. The zero-order valence-electron chi connectivity index (χ0n) is 22.9. The van der Waals surface area contributed by atoms with Crippen molar-refractivity contribution in [2.75, 3.05) is 0 Å². The first-order chi connectivity index (χ1) is 16.4. The Labute approximate surface area is 212 Å². The molecule has 0 aliphatic heterocycles. The van der Waals surface area contributed by atoms with Gasteiger partial charge in [-0.15, -0.1) is 0 Å². The van der Waals surface area contributed by atoms with Crippen LogP contribution in [0.5, 0.6) is 0 Å². The van der Waals surface area contributed by atoms with Crippen molar-refractivity contribution in [2.24, 2.45) is 5.92 Å². The third kappa shape index (κ3) is 7.06. The van der Waals surface area contributed by atoms with Crippen LogP contribution in [0, 0.1) is 5.92 Å². The number of rotatable bonds is 8. The minimum absolute atomic E-state index is 0.0524. The predicted octanol–water partition coefficient (Wildman–Crippen LogP) is 6.32. The molecule has 35 heavy (non-hydrogen) atoms. The summed E-state index contributed by atoms with van der Waals surface area (Å²) < 4.78 is 4.21. The maximum absolute atomic E-state index is 13.5. The molecule has 1 N–H and O–H groups in total. The van der Waals surface area contributed by atoms with Crippen molar-refractivity contribution in [3.63, 3.8) is 0 Å². The molecule has 2 atom stereocenters. The van der Waals surface area contributed by atoms with Crippen LogP contribution in [0.15, 0.2) is 67.3 Å². The molecule has 0 saturated carbocycles. The van der Waals surface area contributed by atoms with E-state index in [1.165, 1.54) is 16.7 Å². The molecule has 0 saturated heterocycles. The van der Waals surface area contributed by atoms with Crippen LogP contribution in [0.25, 0.3) is 0 Å². The number of carbonyl (C=O) groups excluding carboxylic acids is 1. The molecule has 2 aromatic carbocycles. The van der Waals surface area contributed by atoms with Crippen molar-refractivity contribution in [2.45, 2.75) is 91.8 Å². The van der Waals surface area contributed by atoms with Crippen molar-refractivity contribution < 1.29 is 9.36 Å². The zero-order valence-corrected chi connectivity index (χ0v) is 22.9. The molecule has 1 aromatic heterocycles. The standard InChI is InChI=1S/C31H43N3O/c1-9-23(2)28(34-16-15-33(22-34)21-24-13-11-10-12-14-24)29(35)32-20-25-17-26(30(3,4)5)19-27(18-25)31(6,7)8/h10-19,22-23,28H,9,20-21H2,1-8H3/p+1/t23?,28-/m0/s1. The zero-order chi connectivity index (χ0) is 25.8. The summed E-state index contributed by atoms with van der Waals surface area (Å²) in [5.41, 5.74) is 5.12. The van der Waals surface area contributed by atoms with Gasteiger partial charge in [-0.1, -0.05) is 104 Å². The number of aromatic nitrogens is 2. The van der Waals surface area contributed by atoms with Gasteiger partial charge in [0, 0.05) is 12.5 Å². The van der Waals surface area contributed by atoms with E-state index in [0.717, 1.165) is 18.5 Å². The van der Waals surface area contributed by atoms with E-state index in [1.807, 2.05) is 12.3 Å². The van der Waals surface area contributed by atoms with Gasteiger partial charge in [0.15, 0.2) is 6.04 Å². The van der Waals surface area contributed by atoms with E-state index >= 15 is 0 Å². The van der Waals surface area contributed by atoms with Crippen LogP contribution in [-0.2, 0) is 28.7 Å². The summed E-state index contributed by atoms with van der Waals surface area (Å²) >= 11 is 0. The largest absolute Gasteiger partial charge is 0.348 e. The molecule has 1 heterocycles. The molecule has 1 amide bonds. The number of carbonyl (C=O) groups is 1. The molecule has 3 aromatic rings. The summed E-state index contributed by atoms with van der Waals surface area (Å²) in [6, 6.07) is 17.0. The quantitative estimate of drug-likeness (QED) is 0.381. The molecule has 0 radical (unpaired) electrons. The molecular weight excluding hydrogens is 430 g/mol. The fraction of sp³-hybridized carbons (Fsp3) is 0.484. The average Bonchev–Trinajstić information content (AvgIpc) is 3.24. The van der Waals surface area contributed by atoms with Gasteiger partial charge in [-0.25, -0.2) is 9.13 Å². The normalized spacial score (nSPS) is 13.9. The van der Waals surface area contributed by atoms with E-state index < -0.39 is 0 Å². The summed E-state index contributed by atoms with van der Waals surface area (Å²) in [5.74, 6) is 0.291. The fourth-order valence-corrected chi connectivity index (χ4v) is 4.33. The van der Waals surface area contributed by atoms with Gasteiger partial charge < -0.3 is 5.32 Å². The van der Waals surface area contributed by atoms with E-state index in [-0.39, 0.29) is 28.7 Å². The Morgan fingerprint density at radius 2 is 1.54 bits per heavy atom. The molecular formula is C31H44N3O+. The molecule has 188 valence electrons. The van der Waals surface area contributed by atoms with Crippen LogP contribution < -0.4 is 9.88 Å². The minimum Gasteiger partial charge on any atom is -0.348 e. The van der Waals surface area contributed by atoms with Crippen molar-refractivity contribution >= 4 is 5.91 Å². The Balaban J connectivity index is 1.80. The van der Waals surface area contributed by atoms with Gasteiger partial charge >= 0.3 is 0 Å². The Morgan fingerprint density at radius 1 is 0.943 bits per heavy atom. The number of hydrogen-bond acceptors (Lipinski definition) is 1. The lowest BCUT2D eigenvalue weighted by atomic mass is 9.79. The Hall–Kier alpha value is -2.88. The molecule has 1 unspecified atom stereocenters. The maximum atomic E-state index is 13.5. The highest BCUT2D eigenvalue weighted by atomic mass is 16.2. The summed E-state index contributed by atoms with van der Waals surface area (Å²) in [6.45, 7) is 19.1. The van der Waals surface area contributed by atoms with Crippen molar-refractivity contribution in [1.29, 1.82) is 0 Å². The SMILES string of the molecule is CCC(C)[C@@H](C(=O)NCc1cc(C(C)(C)C)cc(C(C)(C)C)c1)n1cc[n+](Cc2ccccc2)c1. The van der Waals surface area contributed by atoms with Gasteiger partial charge in [-0.2, -0.15) is 0 Å². The van der Waals surface area contributed by atoms with Gasteiger partial charge in [-0.3, -0.25) is 4.79 Å². The maximum Gasteiger partial charge on any atom is 0.265 e. The van der Waals surface area contributed by atoms with Gasteiger partial charge in [0.05, 0.1) is 0 Å². The predicted molar refractivity (Wildman–Crippen MR) is 144 cm³/mol. The molecule has 3 rings (SSSR count). The van der Waals surface area contributed by atoms with E-state index in [9.17, 15) is 4.79 Å². The second kappa shape index (κ2) is 10.8.